The SMILES string of the molecule is CN1Cc2cc(-c3ccc(C[C@@H](C#N)NC(=O)C45CCC(CC4)CN5)c(F)c3)ccc2S1=O. The van der Waals surface area contributed by atoms with Gasteiger partial charge >= 0.3 is 0 Å². The Hall–Kier alpha value is -2.60. The Morgan fingerprint density at radius 2 is 2.03 bits per heavy atom. The summed E-state index contributed by atoms with van der Waals surface area (Å²) in [5.41, 5.74) is 2.37. The molecule has 1 aliphatic carbocycles. The number of fused-ring (bicyclic) bond motifs is 4. The van der Waals surface area contributed by atoms with Crippen molar-refractivity contribution in [2.45, 2.75) is 55.1 Å². The summed E-state index contributed by atoms with van der Waals surface area (Å²) in [5.74, 6) is 0.0927. The normalized spacial score (nSPS) is 27.1. The Morgan fingerprint density at radius 1 is 1.30 bits per heavy atom. The fourth-order valence-electron chi connectivity index (χ4n) is 5.26. The van der Waals surface area contributed by atoms with Gasteiger partial charge in [0.15, 0.2) is 0 Å². The van der Waals surface area contributed by atoms with Crippen molar-refractivity contribution in [3.63, 3.8) is 0 Å². The minimum Gasteiger partial charge on any atom is -0.338 e. The maximum atomic E-state index is 15.0. The summed E-state index contributed by atoms with van der Waals surface area (Å²) in [6.07, 6.45) is 3.75. The number of rotatable bonds is 5. The van der Waals surface area contributed by atoms with Crippen molar-refractivity contribution >= 4 is 16.9 Å². The van der Waals surface area contributed by atoms with Crippen LogP contribution < -0.4 is 10.6 Å². The van der Waals surface area contributed by atoms with Gasteiger partial charge in [0.2, 0.25) is 5.91 Å². The number of halogens is 1. The van der Waals surface area contributed by atoms with Crippen molar-refractivity contribution in [1.82, 2.24) is 14.9 Å². The maximum Gasteiger partial charge on any atom is 0.241 e. The summed E-state index contributed by atoms with van der Waals surface area (Å²) < 4.78 is 29.0. The smallest absolute Gasteiger partial charge is 0.241 e. The minimum absolute atomic E-state index is 0.112. The monoisotopic (exact) mass is 466 g/mol. The van der Waals surface area contributed by atoms with E-state index in [2.05, 4.69) is 16.7 Å². The summed E-state index contributed by atoms with van der Waals surface area (Å²) in [5, 5.41) is 15.8. The highest BCUT2D eigenvalue weighted by Gasteiger charge is 2.46. The van der Waals surface area contributed by atoms with Crippen LogP contribution in [0.3, 0.4) is 0 Å². The van der Waals surface area contributed by atoms with Crippen molar-refractivity contribution < 1.29 is 13.4 Å². The van der Waals surface area contributed by atoms with E-state index in [1.54, 1.807) is 10.4 Å². The van der Waals surface area contributed by atoms with Crippen LogP contribution in [0.4, 0.5) is 4.39 Å². The first-order chi connectivity index (χ1) is 15.9. The van der Waals surface area contributed by atoms with Gasteiger partial charge in [-0.3, -0.25) is 4.79 Å². The van der Waals surface area contributed by atoms with Gasteiger partial charge in [-0.05, 0) is 78.6 Å². The number of carbonyl (C=O) groups excluding carboxylic acids is 1. The molecule has 3 heterocycles. The van der Waals surface area contributed by atoms with E-state index >= 15 is 0 Å². The quantitative estimate of drug-likeness (QED) is 0.709. The van der Waals surface area contributed by atoms with Crippen LogP contribution in [0.5, 0.6) is 0 Å². The number of piperidine rings is 2. The zero-order valence-electron chi connectivity index (χ0n) is 18.6. The van der Waals surface area contributed by atoms with Gasteiger partial charge in [0.05, 0.1) is 16.5 Å². The average molecular weight is 467 g/mol. The van der Waals surface area contributed by atoms with Gasteiger partial charge in [-0.2, -0.15) is 5.26 Å². The van der Waals surface area contributed by atoms with Crippen LogP contribution in [0.15, 0.2) is 41.3 Å². The van der Waals surface area contributed by atoms with Crippen LogP contribution in [0.1, 0.15) is 36.8 Å². The van der Waals surface area contributed by atoms with Crippen molar-refractivity contribution in [1.29, 1.82) is 5.26 Å². The molecule has 2 atom stereocenters. The predicted octanol–water partition coefficient (Wildman–Crippen LogP) is 3.04. The number of hydrogen-bond donors (Lipinski definition) is 2. The van der Waals surface area contributed by atoms with Crippen molar-refractivity contribution in [2.75, 3.05) is 13.6 Å². The first kappa shape index (κ1) is 22.2. The molecule has 1 unspecified atom stereocenters. The Morgan fingerprint density at radius 3 is 2.70 bits per heavy atom. The number of nitrogens with one attached hydrogen (secondary N) is 2. The lowest BCUT2D eigenvalue weighted by Gasteiger charge is -2.46. The Bertz CT molecular complexity index is 1160. The highest BCUT2D eigenvalue weighted by atomic mass is 32.2. The number of carbonyl (C=O) groups is 1. The van der Waals surface area contributed by atoms with Gasteiger partial charge in [0.25, 0.3) is 0 Å². The third-order valence-electron chi connectivity index (χ3n) is 7.32. The van der Waals surface area contributed by atoms with Gasteiger partial charge in [0, 0.05) is 20.0 Å². The van der Waals surface area contributed by atoms with Gasteiger partial charge in [0.1, 0.15) is 22.8 Å². The molecule has 0 aromatic heterocycles. The lowest BCUT2D eigenvalue weighted by atomic mass is 9.71. The molecule has 172 valence electrons. The van der Waals surface area contributed by atoms with Crippen LogP contribution in [0, 0.1) is 23.1 Å². The van der Waals surface area contributed by atoms with Crippen molar-refractivity contribution in [3.8, 4) is 17.2 Å². The predicted molar refractivity (Wildman–Crippen MR) is 124 cm³/mol. The fraction of sp³-hybridized carbons (Fsp3) is 0.440. The number of amides is 1. The largest absolute Gasteiger partial charge is 0.338 e. The summed E-state index contributed by atoms with van der Waals surface area (Å²) >= 11 is 0. The molecule has 2 aromatic carbocycles. The third-order valence-corrected chi connectivity index (χ3v) is 8.79. The maximum absolute atomic E-state index is 15.0. The molecule has 8 heteroatoms. The molecule has 3 aliphatic heterocycles. The van der Waals surface area contributed by atoms with Gasteiger partial charge in [-0.1, -0.05) is 18.2 Å². The number of benzene rings is 2. The molecule has 1 amide bonds. The first-order valence-corrected chi connectivity index (χ1v) is 12.5. The van der Waals surface area contributed by atoms with E-state index in [-0.39, 0.29) is 12.3 Å². The minimum atomic E-state index is -1.14. The molecule has 0 spiro atoms. The van der Waals surface area contributed by atoms with Gasteiger partial charge < -0.3 is 10.6 Å². The molecule has 6 rings (SSSR count). The van der Waals surface area contributed by atoms with Crippen LogP contribution in [0.2, 0.25) is 0 Å². The van der Waals surface area contributed by atoms with Crippen LogP contribution in [-0.4, -0.2) is 39.6 Å². The second-order valence-electron chi connectivity index (χ2n) is 9.43. The van der Waals surface area contributed by atoms with Crippen LogP contribution >= 0.6 is 0 Å². The summed E-state index contributed by atoms with van der Waals surface area (Å²) in [6.45, 7) is 1.44. The second-order valence-corrected chi connectivity index (χ2v) is 11.0. The number of nitrogens with zero attached hydrogens (tertiary/aromatic N) is 2. The Balaban J connectivity index is 1.29. The topological polar surface area (TPSA) is 85.2 Å². The Kier molecular flexibility index (Phi) is 5.81. The molecular formula is C25H27FN4O2S. The van der Waals surface area contributed by atoms with E-state index in [4.69, 9.17) is 0 Å². The van der Waals surface area contributed by atoms with E-state index in [1.165, 1.54) is 6.07 Å². The average Bonchev–Trinajstić information content (AvgIpc) is 3.13. The molecule has 6 nitrogen and oxygen atoms in total. The molecule has 3 fully saturated rings. The summed E-state index contributed by atoms with van der Waals surface area (Å²) in [4.78, 5) is 13.8. The first-order valence-electron chi connectivity index (χ1n) is 11.4. The van der Waals surface area contributed by atoms with E-state index < -0.39 is 28.4 Å². The van der Waals surface area contributed by atoms with Gasteiger partial charge in [-0.15, -0.1) is 0 Å². The lowest BCUT2D eigenvalue weighted by molar-refractivity contribution is -0.131. The molecular weight excluding hydrogens is 439 g/mol. The third kappa shape index (κ3) is 4.10. The molecule has 0 radical (unpaired) electrons. The highest BCUT2D eigenvalue weighted by Crippen LogP contribution is 2.37. The van der Waals surface area contributed by atoms with Gasteiger partial charge in [-0.25, -0.2) is 12.9 Å². The van der Waals surface area contributed by atoms with E-state index in [1.807, 2.05) is 31.3 Å². The molecule has 2 aromatic rings. The summed E-state index contributed by atoms with van der Waals surface area (Å²) in [6, 6.07) is 12.0. The molecule has 2 N–H and O–H groups in total. The molecule has 1 saturated carbocycles. The molecule has 2 saturated heterocycles. The fourth-order valence-corrected chi connectivity index (χ4v) is 6.38. The van der Waals surface area contributed by atoms with Crippen molar-refractivity contribution in [3.05, 3.63) is 53.3 Å². The van der Waals surface area contributed by atoms with Crippen LogP contribution in [0.25, 0.3) is 11.1 Å². The lowest BCUT2D eigenvalue weighted by Crippen LogP contribution is -2.64. The Labute approximate surface area is 195 Å². The molecule has 33 heavy (non-hydrogen) atoms. The highest BCUT2D eigenvalue weighted by molar-refractivity contribution is 7.83. The van der Waals surface area contributed by atoms with E-state index in [9.17, 15) is 18.7 Å². The number of nitriles is 1. The van der Waals surface area contributed by atoms with E-state index in [0.717, 1.165) is 53.8 Å². The molecule has 2 bridgehead atoms. The van der Waals surface area contributed by atoms with E-state index in [0.29, 0.717) is 18.0 Å². The molecule has 4 aliphatic rings. The van der Waals surface area contributed by atoms with Crippen molar-refractivity contribution in [2.24, 2.45) is 5.92 Å². The number of hydrogen-bond acceptors (Lipinski definition) is 4. The zero-order valence-corrected chi connectivity index (χ0v) is 19.4. The second kappa shape index (κ2) is 8.64. The standard InChI is InChI=1S/C25H27FN4O2S/c1-30-15-20-10-17(4-5-23(20)33(30)32)18-2-3-19(22(26)12-18)11-21(13-27)29-24(31)25-8-6-16(7-9-25)14-28-25/h2-5,10,12,16,21,28H,6-9,11,14-15H2,1H3,(H,29,31)/t16?,21-,25?,33?/m0/s1. The van der Waals surface area contributed by atoms with Crippen LogP contribution in [-0.2, 0) is 28.7 Å². The summed E-state index contributed by atoms with van der Waals surface area (Å²) in [7, 11) is 0.667. The zero-order chi connectivity index (χ0) is 23.2.